The van der Waals surface area contributed by atoms with Crippen molar-refractivity contribution in [2.75, 3.05) is 5.75 Å². The molecule has 4 heteroatoms. The maximum Gasteiger partial charge on any atom is 0.179 e. The Morgan fingerprint density at radius 3 is 2.82 bits per heavy atom. The highest BCUT2D eigenvalue weighted by atomic mass is 32.2. The monoisotopic (exact) mass is 170 g/mol. The minimum Gasteiger partial charge on any atom is -0.253 e. The van der Waals surface area contributed by atoms with Crippen LogP contribution >= 0.6 is 0 Å². The quantitative estimate of drug-likeness (QED) is 0.655. The fourth-order valence-corrected chi connectivity index (χ4v) is 1.48. The van der Waals surface area contributed by atoms with Gasteiger partial charge in [-0.2, -0.15) is 0 Å². The van der Waals surface area contributed by atoms with Crippen LogP contribution < -0.4 is 0 Å². The van der Waals surface area contributed by atoms with Gasteiger partial charge in [0.25, 0.3) is 0 Å². The Morgan fingerprint density at radius 2 is 2.36 bits per heavy atom. The van der Waals surface area contributed by atoms with Crippen molar-refractivity contribution in [3.8, 4) is 0 Å². The highest BCUT2D eigenvalue weighted by Crippen LogP contribution is 2.06. The molecular weight excluding hydrogens is 162 g/mol. The average Bonchev–Trinajstić information content (AvgIpc) is 2.06. The van der Waals surface area contributed by atoms with Gasteiger partial charge in [-0.05, 0) is 12.1 Å². The van der Waals surface area contributed by atoms with Crippen LogP contribution in [0.1, 0.15) is 6.92 Å². The van der Waals surface area contributed by atoms with E-state index >= 15 is 0 Å². The van der Waals surface area contributed by atoms with Gasteiger partial charge in [0.15, 0.2) is 9.84 Å². The van der Waals surface area contributed by atoms with E-state index in [-0.39, 0.29) is 10.6 Å². The number of pyridine rings is 1. The lowest BCUT2D eigenvalue weighted by Crippen LogP contribution is -2.03. The van der Waals surface area contributed by atoms with Gasteiger partial charge in [-0.25, -0.2) is 8.42 Å². The van der Waals surface area contributed by atoms with Crippen LogP contribution in [0.25, 0.3) is 0 Å². The van der Waals surface area contributed by atoms with Gasteiger partial charge >= 0.3 is 0 Å². The predicted octanol–water partition coefficient (Wildman–Crippen LogP) is 0.675. The Morgan fingerprint density at radius 1 is 1.64 bits per heavy atom. The molecule has 0 N–H and O–H groups in total. The largest absolute Gasteiger partial charge is 0.253 e. The molecule has 1 aromatic heterocycles. The molecule has 0 saturated heterocycles. The van der Waals surface area contributed by atoms with Crippen LogP contribution in [0.3, 0.4) is 0 Å². The summed E-state index contributed by atoms with van der Waals surface area (Å²) in [7, 11) is -3.08. The van der Waals surface area contributed by atoms with Gasteiger partial charge in [-0.3, -0.25) is 4.98 Å². The molecule has 0 saturated carbocycles. The van der Waals surface area contributed by atoms with Gasteiger partial charge in [0.1, 0.15) is 0 Å². The van der Waals surface area contributed by atoms with E-state index in [1.165, 1.54) is 18.3 Å². The molecule has 0 spiro atoms. The summed E-state index contributed by atoms with van der Waals surface area (Å²) in [5, 5.41) is 0. The third kappa shape index (κ3) is 1.77. The molecule has 0 atom stereocenters. The summed E-state index contributed by atoms with van der Waals surface area (Å²) in [5.74, 6) is 0.110. The van der Waals surface area contributed by atoms with Crippen LogP contribution in [0.5, 0.6) is 0 Å². The fourth-order valence-electron chi connectivity index (χ4n) is 0.657. The zero-order valence-electron chi connectivity index (χ0n) is 6.11. The third-order valence-corrected chi connectivity index (χ3v) is 3.05. The molecule has 0 aliphatic carbocycles. The molecular formula is C7H8NO2S. The number of hydrogen-bond acceptors (Lipinski definition) is 3. The molecule has 1 heterocycles. The van der Waals surface area contributed by atoms with E-state index in [1.807, 2.05) is 0 Å². The summed E-state index contributed by atoms with van der Waals surface area (Å²) < 4.78 is 22.3. The first-order valence-corrected chi connectivity index (χ1v) is 4.87. The SMILES string of the molecule is CCS(=O)(=O)c1cc[c]nc1. The number of nitrogens with zero attached hydrogens (tertiary/aromatic N) is 1. The third-order valence-electron chi connectivity index (χ3n) is 1.33. The lowest BCUT2D eigenvalue weighted by molar-refractivity contribution is 0.597. The van der Waals surface area contributed by atoms with Crippen LogP contribution in [0.15, 0.2) is 23.2 Å². The van der Waals surface area contributed by atoms with Crippen LogP contribution in [0, 0.1) is 6.20 Å². The van der Waals surface area contributed by atoms with E-state index in [0.717, 1.165) is 0 Å². The van der Waals surface area contributed by atoms with Gasteiger partial charge < -0.3 is 0 Å². The number of hydrogen-bond donors (Lipinski definition) is 0. The smallest absolute Gasteiger partial charge is 0.179 e. The molecule has 1 aromatic rings. The lowest BCUT2D eigenvalue weighted by atomic mass is 10.5. The maximum absolute atomic E-state index is 11.1. The first-order chi connectivity index (χ1) is 5.17. The second-order valence-electron chi connectivity index (χ2n) is 2.03. The number of aromatic nitrogens is 1. The zero-order valence-corrected chi connectivity index (χ0v) is 6.93. The maximum atomic E-state index is 11.1. The summed E-state index contributed by atoms with van der Waals surface area (Å²) >= 11 is 0. The van der Waals surface area contributed by atoms with Crippen molar-refractivity contribution >= 4 is 9.84 Å². The Kier molecular flexibility index (Phi) is 2.24. The highest BCUT2D eigenvalue weighted by Gasteiger charge is 2.09. The van der Waals surface area contributed by atoms with Gasteiger partial charge in [0, 0.05) is 6.20 Å². The second kappa shape index (κ2) is 3.00. The second-order valence-corrected chi connectivity index (χ2v) is 4.30. The lowest BCUT2D eigenvalue weighted by Gasteiger charge is -1.97. The van der Waals surface area contributed by atoms with Crippen molar-refractivity contribution in [1.82, 2.24) is 4.98 Å². The first-order valence-electron chi connectivity index (χ1n) is 3.21. The summed E-state index contributed by atoms with van der Waals surface area (Å²) in [5.41, 5.74) is 0. The summed E-state index contributed by atoms with van der Waals surface area (Å²) in [6.07, 6.45) is 3.82. The molecule has 3 nitrogen and oxygen atoms in total. The molecule has 0 aromatic carbocycles. The average molecular weight is 170 g/mol. The van der Waals surface area contributed by atoms with Gasteiger partial charge in [0.05, 0.1) is 16.8 Å². The van der Waals surface area contributed by atoms with Crippen LogP contribution in [-0.2, 0) is 9.84 Å². The molecule has 59 valence electrons. The minimum absolute atomic E-state index is 0.110. The highest BCUT2D eigenvalue weighted by molar-refractivity contribution is 7.91. The summed E-state index contributed by atoms with van der Waals surface area (Å²) in [6, 6.07) is 2.98. The van der Waals surface area contributed by atoms with E-state index in [0.29, 0.717) is 0 Å². The molecule has 0 bridgehead atoms. The van der Waals surface area contributed by atoms with Crippen molar-refractivity contribution in [3.63, 3.8) is 0 Å². The standard InChI is InChI=1S/C7H8NO2S/c1-2-11(9,10)7-4-3-5-8-6-7/h3-4,6H,2H2,1H3. The van der Waals surface area contributed by atoms with E-state index in [2.05, 4.69) is 11.2 Å². The van der Waals surface area contributed by atoms with Crippen molar-refractivity contribution in [2.45, 2.75) is 11.8 Å². The van der Waals surface area contributed by atoms with Crippen LogP contribution in [0.4, 0.5) is 0 Å². The minimum atomic E-state index is -3.08. The van der Waals surface area contributed by atoms with E-state index in [9.17, 15) is 8.42 Å². The molecule has 1 rings (SSSR count). The van der Waals surface area contributed by atoms with Gasteiger partial charge in [-0.15, -0.1) is 0 Å². The molecule has 0 aliphatic heterocycles. The van der Waals surface area contributed by atoms with Crippen molar-refractivity contribution < 1.29 is 8.42 Å². The van der Waals surface area contributed by atoms with Crippen molar-refractivity contribution in [2.24, 2.45) is 0 Å². The van der Waals surface area contributed by atoms with E-state index in [1.54, 1.807) is 6.92 Å². The van der Waals surface area contributed by atoms with E-state index in [4.69, 9.17) is 0 Å². The normalized spacial score (nSPS) is 11.4. The molecule has 0 fully saturated rings. The van der Waals surface area contributed by atoms with Crippen LogP contribution in [-0.4, -0.2) is 19.2 Å². The van der Waals surface area contributed by atoms with Gasteiger partial charge in [0.2, 0.25) is 0 Å². The van der Waals surface area contributed by atoms with Gasteiger partial charge in [-0.1, -0.05) is 6.92 Å². The molecule has 11 heavy (non-hydrogen) atoms. The number of rotatable bonds is 2. The summed E-state index contributed by atoms with van der Waals surface area (Å²) in [6.45, 7) is 1.60. The molecule has 1 radical (unpaired) electrons. The van der Waals surface area contributed by atoms with Crippen molar-refractivity contribution in [1.29, 1.82) is 0 Å². The molecule has 0 unspecified atom stereocenters. The Labute approximate surface area is 66.0 Å². The topological polar surface area (TPSA) is 47.0 Å². The Hall–Kier alpha value is -0.900. The van der Waals surface area contributed by atoms with E-state index < -0.39 is 9.84 Å². The zero-order chi connectivity index (χ0) is 8.32. The molecule has 0 amide bonds. The first kappa shape index (κ1) is 8.20. The van der Waals surface area contributed by atoms with Crippen molar-refractivity contribution in [3.05, 3.63) is 24.5 Å². The Balaban J connectivity index is 3.14. The number of sulfone groups is 1. The summed E-state index contributed by atoms with van der Waals surface area (Å²) in [4.78, 5) is 3.86. The van der Waals surface area contributed by atoms with Crippen LogP contribution in [0.2, 0.25) is 0 Å². The fraction of sp³-hybridized carbons (Fsp3) is 0.286. The predicted molar refractivity (Wildman–Crippen MR) is 40.8 cm³/mol. The Bertz CT molecular complexity index is 318. The molecule has 0 aliphatic rings.